The van der Waals surface area contributed by atoms with Crippen molar-refractivity contribution < 1.29 is 29.3 Å². The van der Waals surface area contributed by atoms with Crippen molar-refractivity contribution in [2.75, 3.05) is 18.1 Å². The van der Waals surface area contributed by atoms with Crippen LogP contribution in [0.2, 0.25) is 5.02 Å². The number of benzene rings is 2. The van der Waals surface area contributed by atoms with E-state index in [4.69, 9.17) is 46.6 Å². The van der Waals surface area contributed by atoms with Crippen LogP contribution in [0.3, 0.4) is 0 Å². The lowest BCUT2D eigenvalue weighted by Crippen LogP contribution is -2.37. The first-order valence-electron chi connectivity index (χ1n) is 11.1. The summed E-state index contributed by atoms with van der Waals surface area (Å²) in [6.07, 6.45) is 5.33. The molecule has 4 rings (SSSR count). The highest BCUT2D eigenvalue weighted by molar-refractivity contribution is 7.99. The van der Waals surface area contributed by atoms with Gasteiger partial charge in [0.15, 0.2) is 5.79 Å². The largest absolute Gasteiger partial charge is 0.473 e. The molecule has 1 aliphatic heterocycles. The van der Waals surface area contributed by atoms with Crippen molar-refractivity contribution >= 4 is 41.0 Å². The van der Waals surface area contributed by atoms with Crippen molar-refractivity contribution in [2.45, 2.75) is 43.1 Å². The van der Waals surface area contributed by atoms with Gasteiger partial charge in [-0.25, -0.2) is 14.6 Å². The molecule has 2 atom stereocenters. The summed E-state index contributed by atoms with van der Waals surface area (Å²) in [5.41, 5.74) is 8.86. The van der Waals surface area contributed by atoms with Gasteiger partial charge in [0.25, 0.3) is 0 Å². The third kappa shape index (κ3) is 8.27. The van der Waals surface area contributed by atoms with Crippen LogP contribution in [0.4, 0.5) is 5.69 Å². The number of aromatic nitrogens is 2. The second-order valence-electron chi connectivity index (χ2n) is 8.24. The Bertz CT molecular complexity index is 1140. The van der Waals surface area contributed by atoms with Crippen LogP contribution in [0.15, 0.2) is 66.0 Å². The summed E-state index contributed by atoms with van der Waals surface area (Å²) in [4.78, 5) is 23.6. The van der Waals surface area contributed by atoms with E-state index in [0.717, 1.165) is 35.0 Å². The molecule has 2 aromatic carbocycles. The molecule has 192 valence electrons. The van der Waals surface area contributed by atoms with Crippen molar-refractivity contribution in [3.8, 4) is 0 Å². The van der Waals surface area contributed by atoms with Gasteiger partial charge < -0.3 is 30.0 Å². The topological polar surface area (TPSA) is 137 Å². The van der Waals surface area contributed by atoms with E-state index in [1.807, 2.05) is 55.8 Å². The van der Waals surface area contributed by atoms with Gasteiger partial charge in [-0.15, -0.1) is 11.8 Å². The predicted octanol–water partition coefficient (Wildman–Crippen LogP) is 4.12. The lowest BCUT2D eigenvalue weighted by atomic mass is 10.0. The fourth-order valence-corrected chi connectivity index (χ4v) is 4.54. The lowest BCUT2D eigenvalue weighted by molar-refractivity contribution is -0.180. The number of halogens is 1. The predicted molar refractivity (Wildman–Crippen MR) is 137 cm³/mol. The van der Waals surface area contributed by atoms with E-state index < -0.39 is 17.7 Å². The van der Waals surface area contributed by atoms with Crippen LogP contribution < -0.4 is 5.73 Å². The van der Waals surface area contributed by atoms with Gasteiger partial charge in [-0.1, -0.05) is 23.7 Å². The standard InChI is InChI=1S/C23H26ClN3O2S.C2H2O4/c1-17-12-26-16-27(17)15-23(11-10-18-2-4-19(24)5-3-18)28-13-21(29-23)14-30-22-8-6-20(25)7-9-22;3-1(4)2(5)6/h2-9,12,16,21H,10-11,13-15,25H2,1H3;(H,3,4)(H,5,6)/t21-,23-;/m0./s1. The van der Waals surface area contributed by atoms with Crippen LogP contribution in [0, 0.1) is 6.92 Å². The van der Waals surface area contributed by atoms with E-state index in [9.17, 15) is 0 Å². The third-order valence-electron chi connectivity index (χ3n) is 5.45. The van der Waals surface area contributed by atoms with Crippen molar-refractivity contribution in [2.24, 2.45) is 0 Å². The maximum absolute atomic E-state index is 9.10. The third-order valence-corrected chi connectivity index (χ3v) is 6.85. The van der Waals surface area contributed by atoms with Gasteiger partial charge >= 0.3 is 11.9 Å². The maximum atomic E-state index is 9.10. The number of rotatable bonds is 8. The summed E-state index contributed by atoms with van der Waals surface area (Å²) < 4.78 is 14.9. The monoisotopic (exact) mass is 533 g/mol. The van der Waals surface area contributed by atoms with Gasteiger partial charge in [-0.2, -0.15) is 0 Å². The number of carbonyl (C=O) groups is 2. The van der Waals surface area contributed by atoms with E-state index in [-0.39, 0.29) is 6.10 Å². The fraction of sp³-hybridized carbons (Fsp3) is 0.320. The van der Waals surface area contributed by atoms with Gasteiger partial charge in [-0.05, 0) is 55.3 Å². The molecule has 9 nitrogen and oxygen atoms in total. The van der Waals surface area contributed by atoms with Crippen LogP contribution in [-0.2, 0) is 32.0 Å². The molecule has 1 saturated heterocycles. The van der Waals surface area contributed by atoms with Gasteiger partial charge in [0.2, 0.25) is 0 Å². The number of aliphatic carboxylic acids is 2. The molecule has 0 aliphatic carbocycles. The molecule has 0 unspecified atom stereocenters. The minimum Gasteiger partial charge on any atom is -0.473 e. The summed E-state index contributed by atoms with van der Waals surface area (Å²) in [7, 11) is 0. The van der Waals surface area contributed by atoms with Crippen molar-refractivity contribution in [1.29, 1.82) is 0 Å². The quantitative estimate of drug-likeness (QED) is 0.222. The molecule has 0 saturated carbocycles. The van der Waals surface area contributed by atoms with Gasteiger partial charge in [0.05, 0.1) is 25.6 Å². The smallest absolute Gasteiger partial charge is 0.414 e. The molecule has 36 heavy (non-hydrogen) atoms. The molecule has 1 fully saturated rings. The maximum Gasteiger partial charge on any atom is 0.414 e. The molecule has 0 spiro atoms. The summed E-state index contributed by atoms with van der Waals surface area (Å²) in [6, 6.07) is 15.9. The van der Waals surface area contributed by atoms with E-state index in [1.54, 1.807) is 11.8 Å². The zero-order valence-electron chi connectivity index (χ0n) is 19.7. The molecule has 2 heterocycles. The number of carboxylic acids is 2. The first-order chi connectivity index (χ1) is 17.2. The van der Waals surface area contributed by atoms with Crippen LogP contribution in [-0.4, -0.2) is 56.0 Å². The SMILES string of the molecule is Cc1cncn1C[C@@]1(CCc2ccc(Cl)cc2)OC[C@@H](CSc2ccc(N)cc2)O1.O=C(O)C(=O)O. The number of nitrogens with two attached hydrogens (primary N) is 1. The number of ether oxygens (including phenoxy) is 2. The zero-order chi connectivity index (χ0) is 26.1. The second-order valence-corrected chi connectivity index (χ2v) is 9.77. The van der Waals surface area contributed by atoms with Crippen LogP contribution in [0.1, 0.15) is 17.7 Å². The summed E-state index contributed by atoms with van der Waals surface area (Å²) in [5, 5.41) is 15.5. The molecule has 4 N–H and O–H groups in total. The van der Waals surface area contributed by atoms with Crippen molar-refractivity contribution in [3.63, 3.8) is 0 Å². The Morgan fingerprint density at radius 3 is 2.42 bits per heavy atom. The average Bonchev–Trinajstić information content (AvgIpc) is 3.45. The van der Waals surface area contributed by atoms with Crippen LogP contribution >= 0.6 is 23.4 Å². The highest BCUT2D eigenvalue weighted by Gasteiger charge is 2.41. The molecule has 0 radical (unpaired) electrons. The molecule has 1 aromatic heterocycles. The molecule has 11 heteroatoms. The number of hydrogen-bond donors (Lipinski definition) is 3. The summed E-state index contributed by atoms with van der Waals surface area (Å²) in [6.45, 7) is 3.25. The van der Waals surface area contributed by atoms with E-state index in [1.165, 1.54) is 10.5 Å². The Morgan fingerprint density at radius 2 is 1.83 bits per heavy atom. The number of nitrogen functional groups attached to an aromatic ring is 1. The molecular weight excluding hydrogens is 506 g/mol. The minimum absolute atomic E-state index is 0.0293. The normalized spacial score (nSPS) is 18.9. The lowest BCUT2D eigenvalue weighted by Gasteiger charge is -2.29. The number of nitrogens with zero attached hydrogens (tertiary/aromatic N) is 2. The summed E-state index contributed by atoms with van der Waals surface area (Å²) in [5.74, 6) is -3.49. The average molecular weight is 534 g/mol. The Morgan fingerprint density at radius 1 is 1.17 bits per heavy atom. The Labute approximate surface area is 218 Å². The molecule has 1 aliphatic rings. The van der Waals surface area contributed by atoms with Gasteiger partial charge in [-0.3, -0.25) is 0 Å². The zero-order valence-corrected chi connectivity index (χ0v) is 21.2. The number of thioether (sulfide) groups is 1. The first-order valence-corrected chi connectivity index (χ1v) is 12.5. The molecule has 0 amide bonds. The first kappa shape index (κ1) is 27.5. The van der Waals surface area contributed by atoms with E-state index in [0.29, 0.717) is 13.2 Å². The molecular formula is C25H28ClN3O6S. The number of imidazole rings is 1. The van der Waals surface area contributed by atoms with Gasteiger partial charge in [0, 0.05) is 39.7 Å². The molecule has 0 bridgehead atoms. The van der Waals surface area contributed by atoms with Crippen LogP contribution in [0.25, 0.3) is 0 Å². The Kier molecular flexibility index (Phi) is 9.77. The minimum atomic E-state index is -1.82. The molecule has 3 aromatic rings. The van der Waals surface area contributed by atoms with Crippen LogP contribution in [0.5, 0.6) is 0 Å². The fourth-order valence-electron chi connectivity index (χ4n) is 3.54. The number of aryl methyl sites for hydroxylation is 2. The van der Waals surface area contributed by atoms with Crippen molar-refractivity contribution in [3.05, 3.63) is 77.3 Å². The highest BCUT2D eigenvalue weighted by atomic mass is 35.5. The number of anilines is 1. The van der Waals surface area contributed by atoms with E-state index >= 15 is 0 Å². The van der Waals surface area contributed by atoms with Crippen molar-refractivity contribution in [1.82, 2.24) is 9.55 Å². The van der Waals surface area contributed by atoms with E-state index in [2.05, 4.69) is 21.7 Å². The Balaban J connectivity index is 0.000000538. The van der Waals surface area contributed by atoms with Gasteiger partial charge in [0.1, 0.15) is 0 Å². The second kappa shape index (κ2) is 12.8. The number of hydrogen-bond acceptors (Lipinski definition) is 7. The number of carboxylic acid groups (broad SMARTS) is 2. The highest BCUT2D eigenvalue weighted by Crippen LogP contribution is 2.34. The Hall–Kier alpha value is -3.05. The summed E-state index contributed by atoms with van der Waals surface area (Å²) >= 11 is 7.78.